The van der Waals surface area contributed by atoms with Crippen molar-refractivity contribution in [1.29, 1.82) is 0 Å². The Bertz CT molecular complexity index is 444. The molecule has 20 heavy (non-hydrogen) atoms. The molecule has 0 atom stereocenters. The average Bonchev–Trinajstić information content (AvgIpc) is 2.44. The van der Waals surface area contributed by atoms with Gasteiger partial charge in [0.05, 0.1) is 0 Å². The van der Waals surface area contributed by atoms with Gasteiger partial charge in [-0.05, 0) is 24.5 Å². The summed E-state index contributed by atoms with van der Waals surface area (Å²) >= 11 is 0. The van der Waals surface area contributed by atoms with Gasteiger partial charge in [0, 0.05) is 12.2 Å². The first-order valence-corrected chi connectivity index (χ1v) is 7.31. The van der Waals surface area contributed by atoms with Crippen LogP contribution in [0.3, 0.4) is 0 Å². The fourth-order valence-electron chi connectivity index (χ4n) is 1.96. The molecular weight excluding hydrogens is 252 g/mol. The zero-order valence-electron chi connectivity index (χ0n) is 12.4. The molecule has 0 fully saturated rings. The molecule has 0 saturated heterocycles. The summed E-state index contributed by atoms with van der Waals surface area (Å²) < 4.78 is 0. The van der Waals surface area contributed by atoms with Gasteiger partial charge >= 0.3 is 0 Å². The molecule has 1 aromatic carbocycles. The highest BCUT2D eigenvalue weighted by Gasteiger charge is 2.10. The van der Waals surface area contributed by atoms with Gasteiger partial charge in [-0.15, -0.1) is 0 Å². The van der Waals surface area contributed by atoms with Crippen molar-refractivity contribution < 1.29 is 9.59 Å². The van der Waals surface area contributed by atoms with Gasteiger partial charge in [-0.2, -0.15) is 0 Å². The number of nitrogens with one attached hydrogen (secondary N) is 2. The lowest BCUT2D eigenvalue weighted by molar-refractivity contribution is -0.126. The van der Waals surface area contributed by atoms with Gasteiger partial charge in [0.25, 0.3) is 0 Å². The highest BCUT2D eigenvalue weighted by Crippen LogP contribution is 2.15. The van der Waals surface area contributed by atoms with Crippen molar-refractivity contribution >= 4 is 17.5 Å². The van der Waals surface area contributed by atoms with Crippen molar-refractivity contribution in [3.8, 4) is 0 Å². The van der Waals surface area contributed by atoms with Crippen molar-refractivity contribution in [2.75, 3.05) is 11.9 Å². The molecule has 2 N–H and O–H groups in total. The monoisotopic (exact) mass is 276 g/mol. The van der Waals surface area contributed by atoms with Gasteiger partial charge in [-0.25, -0.2) is 0 Å². The van der Waals surface area contributed by atoms with E-state index in [1.807, 2.05) is 31.2 Å². The molecule has 0 aliphatic heterocycles. The molecule has 1 rings (SSSR count). The van der Waals surface area contributed by atoms with E-state index in [2.05, 4.69) is 17.6 Å². The Morgan fingerprint density at radius 3 is 2.50 bits per heavy atom. The molecule has 1 aromatic rings. The highest BCUT2D eigenvalue weighted by atomic mass is 16.2. The topological polar surface area (TPSA) is 58.2 Å². The molecule has 0 unspecified atom stereocenters. The van der Waals surface area contributed by atoms with Crippen LogP contribution in [0.2, 0.25) is 0 Å². The first kappa shape index (κ1) is 16.2. The van der Waals surface area contributed by atoms with E-state index >= 15 is 0 Å². The van der Waals surface area contributed by atoms with E-state index in [9.17, 15) is 9.59 Å². The van der Waals surface area contributed by atoms with Crippen molar-refractivity contribution in [3.63, 3.8) is 0 Å². The molecule has 0 bridgehead atoms. The third kappa shape index (κ3) is 5.87. The molecule has 0 radical (unpaired) electrons. The molecular formula is C16H24N2O2. The van der Waals surface area contributed by atoms with Crippen molar-refractivity contribution in [3.05, 3.63) is 29.8 Å². The molecule has 0 heterocycles. The predicted molar refractivity (Wildman–Crippen MR) is 81.6 cm³/mol. The van der Waals surface area contributed by atoms with E-state index in [0.29, 0.717) is 6.54 Å². The summed E-state index contributed by atoms with van der Waals surface area (Å²) in [4.78, 5) is 23.4. The fourth-order valence-corrected chi connectivity index (χ4v) is 1.96. The number of hydrogen-bond acceptors (Lipinski definition) is 2. The first-order valence-electron chi connectivity index (χ1n) is 7.31. The molecule has 0 saturated carbocycles. The Hall–Kier alpha value is -1.84. The number of aryl methyl sites for hydroxylation is 1. The standard InChI is InChI=1S/C16H24N2O2/c1-3-5-8-11-17-15(19)12-16(20)18-14-10-7-6-9-13(14)4-2/h6-7,9-10H,3-5,8,11-12H2,1-2H3,(H,17,19)(H,18,20). The average molecular weight is 276 g/mol. The normalized spacial score (nSPS) is 10.1. The summed E-state index contributed by atoms with van der Waals surface area (Å²) in [6.45, 7) is 4.79. The van der Waals surface area contributed by atoms with E-state index in [0.717, 1.165) is 36.9 Å². The van der Waals surface area contributed by atoms with E-state index in [1.165, 1.54) is 0 Å². The van der Waals surface area contributed by atoms with Gasteiger partial charge in [0.2, 0.25) is 11.8 Å². The second kappa shape index (κ2) is 9.13. The van der Waals surface area contributed by atoms with Gasteiger partial charge in [-0.3, -0.25) is 9.59 Å². The van der Waals surface area contributed by atoms with Crippen LogP contribution in [0.5, 0.6) is 0 Å². The summed E-state index contributed by atoms with van der Waals surface area (Å²) in [7, 11) is 0. The van der Waals surface area contributed by atoms with Crippen LogP contribution in [0.4, 0.5) is 5.69 Å². The Labute approximate surface area is 121 Å². The molecule has 4 nitrogen and oxygen atoms in total. The Kier molecular flexibility index (Phi) is 7.40. The molecule has 0 aliphatic rings. The lowest BCUT2D eigenvalue weighted by atomic mass is 10.1. The number of carbonyl (C=O) groups excluding carboxylic acids is 2. The number of benzene rings is 1. The Balaban J connectivity index is 2.37. The van der Waals surface area contributed by atoms with Gasteiger partial charge in [0.1, 0.15) is 6.42 Å². The van der Waals surface area contributed by atoms with Crippen LogP contribution in [-0.2, 0) is 16.0 Å². The second-order valence-electron chi connectivity index (χ2n) is 4.79. The highest BCUT2D eigenvalue weighted by molar-refractivity contribution is 6.03. The molecule has 110 valence electrons. The van der Waals surface area contributed by atoms with Gasteiger partial charge < -0.3 is 10.6 Å². The lowest BCUT2D eigenvalue weighted by Gasteiger charge is -2.09. The predicted octanol–water partition coefficient (Wildman–Crippen LogP) is 2.88. The van der Waals surface area contributed by atoms with Crippen molar-refractivity contribution in [2.45, 2.75) is 46.0 Å². The number of hydrogen-bond donors (Lipinski definition) is 2. The van der Waals surface area contributed by atoms with E-state index in [-0.39, 0.29) is 18.2 Å². The summed E-state index contributed by atoms with van der Waals surface area (Å²) in [5.74, 6) is -0.480. The fraction of sp³-hybridized carbons (Fsp3) is 0.500. The van der Waals surface area contributed by atoms with Crippen LogP contribution in [0, 0.1) is 0 Å². The maximum atomic E-state index is 11.8. The largest absolute Gasteiger partial charge is 0.356 e. The molecule has 0 spiro atoms. The minimum atomic E-state index is -0.265. The van der Waals surface area contributed by atoms with E-state index in [4.69, 9.17) is 0 Å². The number of para-hydroxylation sites is 1. The first-order chi connectivity index (χ1) is 9.67. The van der Waals surface area contributed by atoms with Crippen molar-refractivity contribution in [2.24, 2.45) is 0 Å². The van der Waals surface area contributed by atoms with Crippen LogP contribution < -0.4 is 10.6 Å². The van der Waals surface area contributed by atoms with E-state index in [1.54, 1.807) is 0 Å². The van der Waals surface area contributed by atoms with Crippen LogP contribution >= 0.6 is 0 Å². The van der Waals surface area contributed by atoms with Gasteiger partial charge in [-0.1, -0.05) is 44.9 Å². The molecule has 4 heteroatoms. The molecule has 2 amide bonds. The van der Waals surface area contributed by atoms with Crippen LogP contribution in [0.25, 0.3) is 0 Å². The van der Waals surface area contributed by atoms with Crippen molar-refractivity contribution in [1.82, 2.24) is 5.32 Å². The van der Waals surface area contributed by atoms with Gasteiger partial charge in [0.15, 0.2) is 0 Å². The summed E-state index contributed by atoms with van der Waals surface area (Å²) in [6, 6.07) is 7.64. The zero-order valence-corrected chi connectivity index (χ0v) is 12.4. The summed E-state index contributed by atoms with van der Waals surface area (Å²) in [5.41, 5.74) is 1.86. The minimum Gasteiger partial charge on any atom is -0.356 e. The third-order valence-corrected chi connectivity index (χ3v) is 3.10. The number of carbonyl (C=O) groups is 2. The number of unbranched alkanes of at least 4 members (excludes halogenated alkanes) is 2. The van der Waals surface area contributed by atoms with Crippen LogP contribution in [0.1, 0.15) is 45.1 Å². The smallest absolute Gasteiger partial charge is 0.233 e. The lowest BCUT2D eigenvalue weighted by Crippen LogP contribution is -2.29. The zero-order chi connectivity index (χ0) is 14.8. The van der Waals surface area contributed by atoms with E-state index < -0.39 is 0 Å². The SMILES string of the molecule is CCCCCNC(=O)CC(=O)Nc1ccccc1CC. The number of anilines is 1. The molecule has 0 aromatic heterocycles. The summed E-state index contributed by atoms with van der Waals surface area (Å²) in [5, 5.41) is 5.56. The minimum absolute atomic E-state index is 0.121. The van der Waals surface area contributed by atoms with Crippen LogP contribution in [-0.4, -0.2) is 18.4 Å². The maximum Gasteiger partial charge on any atom is 0.233 e. The number of rotatable bonds is 8. The third-order valence-electron chi connectivity index (χ3n) is 3.10. The number of amides is 2. The molecule has 0 aliphatic carbocycles. The Morgan fingerprint density at radius 1 is 1.05 bits per heavy atom. The van der Waals surface area contributed by atoms with Crippen LogP contribution in [0.15, 0.2) is 24.3 Å². The maximum absolute atomic E-state index is 11.8. The summed E-state index contributed by atoms with van der Waals surface area (Å²) in [6.07, 6.45) is 3.90. The quantitative estimate of drug-likeness (QED) is 0.566. The Morgan fingerprint density at radius 2 is 1.80 bits per heavy atom. The second-order valence-corrected chi connectivity index (χ2v) is 4.79.